The van der Waals surface area contributed by atoms with Crippen LogP contribution in [0.3, 0.4) is 0 Å². The number of ether oxygens (including phenoxy) is 1. The highest BCUT2D eigenvalue weighted by molar-refractivity contribution is 7.89. The molecule has 0 bridgehead atoms. The molecule has 1 aliphatic rings. The summed E-state index contributed by atoms with van der Waals surface area (Å²) in [4.78, 5) is 23.5. The Balaban J connectivity index is 1.56. The Hall–Kier alpha value is -2.56. The highest BCUT2D eigenvalue weighted by Gasteiger charge is 2.29. The van der Waals surface area contributed by atoms with Crippen molar-refractivity contribution < 1.29 is 17.9 Å². The van der Waals surface area contributed by atoms with E-state index < -0.39 is 15.9 Å². The van der Waals surface area contributed by atoms with Gasteiger partial charge in [0.2, 0.25) is 21.8 Å². The molecule has 4 rings (SSSR count). The van der Waals surface area contributed by atoms with Crippen molar-refractivity contribution in [1.82, 2.24) is 14.3 Å². The van der Waals surface area contributed by atoms with Gasteiger partial charge in [-0.05, 0) is 48.9 Å². The summed E-state index contributed by atoms with van der Waals surface area (Å²) in [6.07, 6.45) is 8.88. The number of anilines is 1. The van der Waals surface area contributed by atoms with Gasteiger partial charge in [0.15, 0.2) is 5.13 Å². The molecule has 1 aliphatic carbocycles. The molecule has 8 nitrogen and oxygen atoms in total. The molecule has 1 fully saturated rings. The van der Waals surface area contributed by atoms with E-state index in [1.54, 1.807) is 29.6 Å². The van der Waals surface area contributed by atoms with E-state index in [4.69, 9.17) is 4.74 Å². The predicted octanol–water partition coefficient (Wildman–Crippen LogP) is 6.59. The molecule has 1 aromatic carbocycles. The molecule has 0 aliphatic heterocycles. The average molecular weight is 573 g/mol. The summed E-state index contributed by atoms with van der Waals surface area (Å²) < 4.78 is 33.7. The normalized spacial score (nSPS) is 15.2. The number of hydrogen-bond donors (Lipinski definition) is 1. The first-order valence-corrected chi connectivity index (χ1v) is 16.3. The van der Waals surface area contributed by atoms with Crippen molar-refractivity contribution in [2.24, 2.45) is 5.92 Å². The lowest BCUT2D eigenvalue weighted by atomic mass is 9.87. The van der Waals surface area contributed by atoms with Crippen molar-refractivity contribution in [2.45, 2.75) is 82.4 Å². The number of pyridine rings is 1. The molecule has 2 heterocycles. The predicted molar refractivity (Wildman–Crippen MR) is 157 cm³/mol. The number of thiazole rings is 1. The number of nitrogens with one attached hydrogen (secondary N) is 1. The third kappa shape index (κ3) is 7.35. The summed E-state index contributed by atoms with van der Waals surface area (Å²) in [6, 6.07) is 10.5. The van der Waals surface area contributed by atoms with Gasteiger partial charge in [-0.1, -0.05) is 75.8 Å². The molecule has 0 spiro atoms. The number of carbonyl (C=O) groups is 1. The minimum Gasteiger partial charge on any atom is -0.481 e. The van der Waals surface area contributed by atoms with Crippen molar-refractivity contribution in [1.29, 1.82) is 0 Å². The van der Waals surface area contributed by atoms with E-state index in [2.05, 4.69) is 29.1 Å². The second kappa shape index (κ2) is 13.7. The van der Waals surface area contributed by atoms with E-state index in [0.29, 0.717) is 40.4 Å². The number of amides is 1. The number of hydrogen-bond acceptors (Lipinski definition) is 7. The van der Waals surface area contributed by atoms with Crippen molar-refractivity contribution in [3.8, 4) is 5.88 Å². The Morgan fingerprint density at radius 1 is 1.05 bits per heavy atom. The molecule has 1 unspecified atom stereocenters. The molecule has 0 saturated heterocycles. The van der Waals surface area contributed by atoms with Crippen LogP contribution in [0.15, 0.2) is 41.3 Å². The van der Waals surface area contributed by atoms with Gasteiger partial charge in [0.05, 0.1) is 17.9 Å². The zero-order chi connectivity index (χ0) is 27.8. The van der Waals surface area contributed by atoms with E-state index in [-0.39, 0.29) is 10.8 Å². The maximum absolute atomic E-state index is 13.6. The standard InChI is InChI=1S/C29H40N4O4S2/c1-4-6-18-33(19-7-5-2)39(35,36)23-14-12-22(13-15-23)24(20-21-10-8-9-11-21)27(34)32-29-30-25-16-17-26(37-3)31-28(25)38-29/h12-17,21,24H,4-11,18-20H2,1-3H3,(H,30,32,34). The van der Waals surface area contributed by atoms with Crippen LogP contribution in [0.5, 0.6) is 5.88 Å². The third-order valence-electron chi connectivity index (χ3n) is 7.47. The number of carbonyl (C=O) groups excluding carboxylic acids is 1. The van der Waals surface area contributed by atoms with E-state index in [0.717, 1.165) is 50.5 Å². The average Bonchev–Trinajstić information content (AvgIpc) is 3.60. The van der Waals surface area contributed by atoms with Crippen LogP contribution in [0.4, 0.5) is 5.13 Å². The molecule has 10 heteroatoms. The first-order chi connectivity index (χ1) is 18.8. The van der Waals surface area contributed by atoms with Crippen molar-refractivity contribution in [2.75, 3.05) is 25.5 Å². The van der Waals surface area contributed by atoms with Gasteiger partial charge in [0.25, 0.3) is 0 Å². The Morgan fingerprint density at radius 2 is 1.72 bits per heavy atom. The molecule has 39 heavy (non-hydrogen) atoms. The summed E-state index contributed by atoms with van der Waals surface area (Å²) in [7, 11) is -2.03. The second-order valence-electron chi connectivity index (χ2n) is 10.3. The van der Waals surface area contributed by atoms with E-state index in [1.165, 1.54) is 24.2 Å². The smallest absolute Gasteiger partial charge is 0.243 e. The zero-order valence-corrected chi connectivity index (χ0v) is 24.8. The largest absolute Gasteiger partial charge is 0.481 e. The van der Waals surface area contributed by atoms with Gasteiger partial charge < -0.3 is 10.1 Å². The van der Waals surface area contributed by atoms with E-state index in [9.17, 15) is 13.2 Å². The Kier molecular flexibility index (Phi) is 10.3. The quantitative estimate of drug-likeness (QED) is 0.234. The summed E-state index contributed by atoms with van der Waals surface area (Å²) in [6.45, 7) is 5.18. The van der Waals surface area contributed by atoms with Gasteiger partial charge in [0, 0.05) is 19.2 Å². The molecule has 1 N–H and O–H groups in total. The fourth-order valence-corrected chi connectivity index (χ4v) is 7.53. The molecule has 2 aromatic heterocycles. The first kappa shape index (κ1) is 29.4. The summed E-state index contributed by atoms with van der Waals surface area (Å²) in [5, 5.41) is 3.51. The minimum atomic E-state index is -3.59. The van der Waals surface area contributed by atoms with Crippen LogP contribution >= 0.6 is 11.3 Å². The number of benzene rings is 1. The fourth-order valence-electron chi connectivity index (χ4n) is 5.18. The lowest BCUT2D eigenvalue weighted by Gasteiger charge is -2.23. The van der Waals surface area contributed by atoms with Gasteiger partial charge in [-0.2, -0.15) is 4.31 Å². The molecule has 212 valence electrons. The lowest BCUT2D eigenvalue weighted by Crippen LogP contribution is -2.33. The number of unbranched alkanes of at least 4 members (excludes halogenated alkanes) is 2. The summed E-state index contributed by atoms with van der Waals surface area (Å²) in [5.74, 6) is 0.455. The highest BCUT2D eigenvalue weighted by atomic mass is 32.2. The first-order valence-electron chi connectivity index (χ1n) is 14.1. The SMILES string of the molecule is CCCCN(CCCC)S(=O)(=O)c1ccc(C(CC2CCCC2)C(=O)Nc2nc3ccc(OC)nc3s2)cc1. The monoisotopic (exact) mass is 572 g/mol. The zero-order valence-electron chi connectivity index (χ0n) is 23.2. The van der Waals surface area contributed by atoms with Gasteiger partial charge in [-0.15, -0.1) is 0 Å². The van der Waals surface area contributed by atoms with Crippen LogP contribution in [0.25, 0.3) is 10.3 Å². The highest BCUT2D eigenvalue weighted by Crippen LogP contribution is 2.36. The summed E-state index contributed by atoms with van der Waals surface area (Å²) >= 11 is 1.31. The third-order valence-corrected chi connectivity index (χ3v) is 10.3. The summed E-state index contributed by atoms with van der Waals surface area (Å²) in [5.41, 5.74) is 1.53. The second-order valence-corrected chi connectivity index (χ2v) is 13.2. The van der Waals surface area contributed by atoms with E-state index in [1.807, 2.05) is 18.2 Å². The van der Waals surface area contributed by atoms with Gasteiger partial charge in [-0.3, -0.25) is 4.79 Å². The van der Waals surface area contributed by atoms with E-state index >= 15 is 0 Å². The van der Waals surface area contributed by atoms with Crippen molar-refractivity contribution >= 4 is 42.7 Å². The molecule has 1 saturated carbocycles. The Morgan fingerprint density at radius 3 is 2.33 bits per heavy atom. The number of fused-ring (bicyclic) bond motifs is 1. The van der Waals surface area contributed by atoms with Crippen molar-refractivity contribution in [3.63, 3.8) is 0 Å². The number of sulfonamides is 1. The number of nitrogens with zero attached hydrogens (tertiary/aromatic N) is 3. The molecule has 3 aromatic rings. The maximum atomic E-state index is 13.6. The molecular weight excluding hydrogens is 532 g/mol. The molecule has 1 atom stereocenters. The minimum absolute atomic E-state index is 0.129. The molecule has 1 amide bonds. The van der Waals surface area contributed by atoms with Crippen LogP contribution in [-0.4, -0.2) is 48.8 Å². The number of methoxy groups -OCH3 is 1. The Labute approximate surface area is 236 Å². The van der Waals surface area contributed by atoms with Crippen LogP contribution < -0.4 is 10.1 Å². The van der Waals surface area contributed by atoms with Crippen molar-refractivity contribution in [3.05, 3.63) is 42.0 Å². The topological polar surface area (TPSA) is 101 Å². The number of aromatic nitrogens is 2. The van der Waals surface area contributed by atoms with Gasteiger partial charge >= 0.3 is 0 Å². The van der Waals surface area contributed by atoms with Gasteiger partial charge in [-0.25, -0.2) is 18.4 Å². The maximum Gasteiger partial charge on any atom is 0.243 e. The van der Waals surface area contributed by atoms with Crippen LogP contribution in [0.1, 0.15) is 83.1 Å². The fraction of sp³-hybridized carbons (Fsp3) is 0.552. The molecular formula is C29H40N4O4S2. The van der Waals surface area contributed by atoms with Crippen LogP contribution in [-0.2, 0) is 14.8 Å². The Bertz CT molecular complexity index is 1330. The van der Waals surface area contributed by atoms with Crippen LogP contribution in [0, 0.1) is 5.92 Å². The number of rotatable bonds is 14. The van der Waals surface area contributed by atoms with Gasteiger partial charge in [0.1, 0.15) is 10.3 Å². The molecule has 0 radical (unpaired) electrons. The van der Waals surface area contributed by atoms with Crippen LogP contribution in [0.2, 0.25) is 0 Å². The lowest BCUT2D eigenvalue weighted by molar-refractivity contribution is -0.118.